The quantitative estimate of drug-likeness (QED) is 0.822. The summed E-state index contributed by atoms with van der Waals surface area (Å²) in [5.74, 6) is -0.453. The van der Waals surface area contributed by atoms with Crippen molar-refractivity contribution in [2.75, 3.05) is 12.3 Å². The normalized spacial score (nSPS) is 10.0. The summed E-state index contributed by atoms with van der Waals surface area (Å²) in [5.41, 5.74) is 7.13. The maximum absolute atomic E-state index is 11.6. The fourth-order valence-electron chi connectivity index (χ4n) is 1.39. The second-order valence-electron chi connectivity index (χ2n) is 3.68. The maximum Gasteiger partial charge on any atom is 0.356 e. The molecule has 0 saturated heterocycles. The second kappa shape index (κ2) is 5.77. The lowest BCUT2D eigenvalue weighted by Gasteiger charge is -2.04. The van der Waals surface area contributed by atoms with Crippen molar-refractivity contribution in [2.24, 2.45) is 0 Å². The Labute approximate surface area is 105 Å². The van der Waals surface area contributed by atoms with Gasteiger partial charge in [0.2, 0.25) is 0 Å². The highest BCUT2D eigenvalue weighted by Crippen LogP contribution is 2.03. The lowest BCUT2D eigenvalue weighted by Crippen LogP contribution is -2.10. The topological polar surface area (TPSA) is 78.1 Å². The third-order valence-electron chi connectivity index (χ3n) is 2.31. The molecule has 0 unspecified atom stereocenters. The molecule has 0 aromatic carbocycles. The highest BCUT2D eigenvalue weighted by molar-refractivity contribution is 5.87. The van der Waals surface area contributed by atoms with Gasteiger partial charge in [-0.3, -0.25) is 4.98 Å². The zero-order valence-corrected chi connectivity index (χ0v) is 9.74. The molecule has 0 aliphatic rings. The molecular formula is C13H13N3O2. The molecule has 18 heavy (non-hydrogen) atoms. The van der Waals surface area contributed by atoms with Crippen LogP contribution >= 0.6 is 0 Å². The lowest BCUT2D eigenvalue weighted by molar-refractivity contribution is 0.0501. The van der Waals surface area contributed by atoms with E-state index in [9.17, 15) is 4.79 Å². The van der Waals surface area contributed by atoms with Crippen LogP contribution < -0.4 is 5.73 Å². The minimum Gasteiger partial charge on any atom is -0.461 e. The van der Waals surface area contributed by atoms with Crippen LogP contribution in [0.15, 0.2) is 42.7 Å². The molecule has 2 aromatic heterocycles. The Kier molecular flexibility index (Phi) is 3.86. The van der Waals surface area contributed by atoms with Crippen LogP contribution in [0.5, 0.6) is 0 Å². The van der Waals surface area contributed by atoms with Gasteiger partial charge < -0.3 is 10.5 Å². The highest BCUT2D eigenvalue weighted by atomic mass is 16.5. The van der Waals surface area contributed by atoms with Gasteiger partial charge in [-0.15, -0.1) is 0 Å². The molecule has 2 N–H and O–H groups in total. The van der Waals surface area contributed by atoms with Crippen LogP contribution in [-0.4, -0.2) is 22.5 Å². The van der Waals surface area contributed by atoms with Crippen LogP contribution in [0.4, 0.5) is 5.69 Å². The largest absolute Gasteiger partial charge is 0.461 e. The predicted molar refractivity (Wildman–Crippen MR) is 66.9 cm³/mol. The van der Waals surface area contributed by atoms with Gasteiger partial charge in [0.15, 0.2) is 0 Å². The summed E-state index contributed by atoms with van der Waals surface area (Å²) >= 11 is 0. The van der Waals surface area contributed by atoms with Crippen molar-refractivity contribution in [1.82, 2.24) is 9.97 Å². The molecule has 0 aliphatic carbocycles. The molecular weight excluding hydrogens is 230 g/mol. The van der Waals surface area contributed by atoms with Gasteiger partial charge in [0.1, 0.15) is 5.69 Å². The molecule has 0 radical (unpaired) electrons. The summed E-state index contributed by atoms with van der Waals surface area (Å²) in [6, 6.07) is 8.77. The summed E-state index contributed by atoms with van der Waals surface area (Å²) in [5, 5.41) is 0. The van der Waals surface area contributed by atoms with Gasteiger partial charge in [0, 0.05) is 18.3 Å². The fraction of sp³-hybridized carbons (Fsp3) is 0.154. The van der Waals surface area contributed by atoms with E-state index in [0.29, 0.717) is 12.1 Å². The number of esters is 1. The second-order valence-corrected chi connectivity index (χ2v) is 3.68. The SMILES string of the molecule is Nc1ccc(C(=O)OCCc2ccccn2)nc1. The Hall–Kier alpha value is -2.43. The molecule has 0 atom stereocenters. The maximum atomic E-state index is 11.6. The van der Waals surface area contributed by atoms with Crippen LogP contribution in [0, 0.1) is 0 Å². The van der Waals surface area contributed by atoms with Crippen LogP contribution in [-0.2, 0) is 11.2 Å². The summed E-state index contributed by atoms with van der Waals surface area (Å²) in [6.07, 6.45) is 3.72. The number of hydrogen-bond donors (Lipinski definition) is 1. The molecule has 2 aromatic rings. The number of aromatic nitrogens is 2. The number of hydrogen-bond acceptors (Lipinski definition) is 5. The molecule has 0 amide bonds. The Morgan fingerprint density at radius 2 is 2.11 bits per heavy atom. The Morgan fingerprint density at radius 1 is 1.22 bits per heavy atom. The average Bonchev–Trinajstić information content (AvgIpc) is 2.40. The van der Waals surface area contributed by atoms with Gasteiger partial charge in [-0.2, -0.15) is 0 Å². The van der Waals surface area contributed by atoms with Gasteiger partial charge in [-0.25, -0.2) is 9.78 Å². The van der Waals surface area contributed by atoms with E-state index in [1.165, 1.54) is 6.20 Å². The average molecular weight is 243 g/mol. The van der Waals surface area contributed by atoms with E-state index in [-0.39, 0.29) is 12.3 Å². The van der Waals surface area contributed by atoms with E-state index < -0.39 is 5.97 Å². The Balaban J connectivity index is 1.84. The first-order chi connectivity index (χ1) is 8.75. The summed E-state index contributed by atoms with van der Waals surface area (Å²) in [7, 11) is 0. The van der Waals surface area contributed by atoms with E-state index in [4.69, 9.17) is 10.5 Å². The zero-order chi connectivity index (χ0) is 12.8. The van der Waals surface area contributed by atoms with Crippen molar-refractivity contribution < 1.29 is 9.53 Å². The summed E-state index contributed by atoms with van der Waals surface area (Å²) in [4.78, 5) is 19.6. The van der Waals surface area contributed by atoms with Crippen LogP contribution in [0.3, 0.4) is 0 Å². The molecule has 0 aliphatic heterocycles. The van der Waals surface area contributed by atoms with Crippen LogP contribution in [0.1, 0.15) is 16.2 Å². The van der Waals surface area contributed by atoms with Crippen LogP contribution in [0.25, 0.3) is 0 Å². The molecule has 0 fully saturated rings. The number of carbonyl (C=O) groups is 1. The fourth-order valence-corrected chi connectivity index (χ4v) is 1.39. The van der Waals surface area contributed by atoms with Crippen LogP contribution in [0.2, 0.25) is 0 Å². The zero-order valence-electron chi connectivity index (χ0n) is 9.74. The Morgan fingerprint density at radius 3 is 2.78 bits per heavy atom. The van der Waals surface area contributed by atoms with Gasteiger partial charge in [0.25, 0.3) is 0 Å². The first-order valence-electron chi connectivity index (χ1n) is 5.54. The predicted octanol–water partition coefficient (Wildman–Crippen LogP) is 1.46. The van der Waals surface area contributed by atoms with Crippen molar-refractivity contribution in [3.63, 3.8) is 0 Å². The minimum absolute atomic E-state index is 0.255. The molecule has 0 spiro atoms. The third-order valence-corrected chi connectivity index (χ3v) is 2.31. The number of ether oxygens (including phenoxy) is 1. The third kappa shape index (κ3) is 3.28. The van der Waals surface area contributed by atoms with Crippen molar-refractivity contribution in [1.29, 1.82) is 0 Å². The molecule has 2 heterocycles. The van der Waals surface area contributed by atoms with Crippen molar-refractivity contribution in [2.45, 2.75) is 6.42 Å². The molecule has 0 saturated carbocycles. The standard InChI is InChI=1S/C13H13N3O2/c14-10-4-5-12(16-9-10)13(17)18-8-6-11-3-1-2-7-15-11/h1-5,7,9H,6,8,14H2. The molecule has 5 heteroatoms. The number of nitrogens with two attached hydrogens (primary N) is 1. The summed E-state index contributed by atoms with van der Waals surface area (Å²) < 4.78 is 5.09. The number of rotatable bonds is 4. The van der Waals surface area contributed by atoms with E-state index in [1.54, 1.807) is 18.3 Å². The number of nitrogen functional groups attached to an aromatic ring is 1. The summed E-state index contributed by atoms with van der Waals surface area (Å²) in [6.45, 7) is 0.280. The number of pyridine rings is 2. The van der Waals surface area contributed by atoms with E-state index in [1.807, 2.05) is 18.2 Å². The molecule has 2 rings (SSSR count). The van der Waals surface area contributed by atoms with Gasteiger partial charge in [0.05, 0.1) is 18.5 Å². The van der Waals surface area contributed by atoms with Crippen molar-refractivity contribution >= 4 is 11.7 Å². The van der Waals surface area contributed by atoms with E-state index in [0.717, 1.165) is 5.69 Å². The molecule has 5 nitrogen and oxygen atoms in total. The van der Waals surface area contributed by atoms with Crippen molar-refractivity contribution in [3.05, 3.63) is 54.1 Å². The first-order valence-corrected chi connectivity index (χ1v) is 5.54. The van der Waals surface area contributed by atoms with Gasteiger partial charge >= 0.3 is 5.97 Å². The highest BCUT2D eigenvalue weighted by Gasteiger charge is 2.08. The monoisotopic (exact) mass is 243 g/mol. The number of anilines is 1. The molecule has 92 valence electrons. The smallest absolute Gasteiger partial charge is 0.356 e. The number of carbonyl (C=O) groups excluding carboxylic acids is 1. The molecule has 0 bridgehead atoms. The lowest BCUT2D eigenvalue weighted by atomic mass is 10.3. The van der Waals surface area contributed by atoms with Crippen molar-refractivity contribution in [3.8, 4) is 0 Å². The van der Waals surface area contributed by atoms with Gasteiger partial charge in [-0.05, 0) is 24.3 Å². The Bertz CT molecular complexity index is 512. The number of nitrogens with zero attached hydrogens (tertiary/aromatic N) is 2. The van der Waals surface area contributed by atoms with E-state index in [2.05, 4.69) is 9.97 Å². The van der Waals surface area contributed by atoms with E-state index >= 15 is 0 Å². The van der Waals surface area contributed by atoms with Gasteiger partial charge in [-0.1, -0.05) is 6.07 Å². The first kappa shape index (κ1) is 12.0. The minimum atomic E-state index is -0.453.